The first-order valence-corrected chi connectivity index (χ1v) is 5.54. The van der Waals surface area contributed by atoms with E-state index in [9.17, 15) is 13.2 Å². The standard InChI is InChI=1S/C10H7ClF3NS/c11-8(6-15)5-7-1-3-9(4-2-7)16-10(12,13)14/h1-4,8H,5H2/t8-/m0/s1. The van der Waals surface area contributed by atoms with Gasteiger partial charge in [0.2, 0.25) is 0 Å². The van der Waals surface area contributed by atoms with E-state index in [1.807, 2.05) is 6.07 Å². The van der Waals surface area contributed by atoms with Crippen LogP contribution in [0, 0.1) is 11.3 Å². The number of nitriles is 1. The van der Waals surface area contributed by atoms with E-state index in [2.05, 4.69) is 0 Å². The maximum absolute atomic E-state index is 12.0. The van der Waals surface area contributed by atoms with Crippen molar-refractivity contribution in [1.29, 1.82) is 5.26 Å². The van der Waals surface area contributed by atoms with Gasteiger partial charge in [-0.15, -0.1) is 11.6 Å². The van der Waals surface area contributed by atoms with Crippen LogP contribution in [0.1, 0.15) is 5.56 Å². The lowest BCUT2D eigenvalue weighted by Crippen LogP contribution is -2.00. The molecule has 0 aliphatic rings. The van der Waals surface area contributed by atoms with Crippen LogP contribution >= 0.6 is 23.4 Å². The first-order valence-electron chi connectivity index (χ1n) is 4.29. The van der Waals surface area contributed by atoms with Gasteiger partial charge in [-0.3, -0.25) is 0 Å². The van der Waals surface area contributed by atoms with Crippen LogP contribution < -0.4 is 0 Å². The van der Waals surface area contributed by atoms with Gasteiger partial charge in [0.15, 0.2) is 0 Å². The van der Waals surface area contributed by atoms with Gasteiger partial charge in [0, 0.05) is 11.3 Å². The number of hydrogen-bond donors (Lipinski definition) is 0. The third-order valence-electron chi connectivity index (χ3n) is 1.71. The van der Waals surface area contributed by atoms with Crippen LogP contribution in [-0.2, 0) is 6.42 Å². The summed E-state index contributed by atoms with van der Waals surface area (Å²) in [6.45, 7) is 0. The molecule has 0 unspecified atom stereocenters. The van der Waals surface area contributed by atoms with Crippen molar-refractivity contribution in [3.63, 3.8) is 0 Å². The fraction of sp³-hybridized carbons (Fsp3) is 0.300. The Morgan fingerprint density at radius 2 is 1.88 bits per heavy atom. The van der Waals surface area contributed by atoms with Crippen LogP contribution in [0.3, 0.4) is 0 Å². The fourth-order valence-corrected chi connectivity index (χ4v) is 1.80. The predicted molar refractivity (Wildman–Crippen MR) is 57.3 cm³/mol. The Labute approximate surface area is 100 Å². The van der Waals surface area contributed by atoms with Crippen molar-refractivity contribution in [2.45, 2.75) is 22.2 Å². The van der Waals surface area contributed by atoms with Gasteiger partial charge in [0.05, 0.1) is 6.07 Å². The van der Waals surface area contributed by atoms with Crippen molar-refractivity contribution in [1.82, 2.24) is 0 Å². The third kappa shape index (κ3) is 4.77. The molecule has 0 aromatic heterocycles. The monoisotopic (exact) mass is 265 g/mol. The molecule has 1 atom stereocenters. The second kappa shape index (κ2) is 5.46. The Bertz CT molecular complexity index is 383. The number of halogens is 4. The second-order valence-electron chi connectivity index (χ2n) is 2.99. The molecule has 1 aromatic carbocycles. The van der Waals surface area contributed by atoms with Crippen molar-refractivity contribution < 1.29 is 13.2 Å². The zero-order valence-corrected chi connectivity index (χ0v) is 9.53. The molecule has 0 saturated carbocycles. The molecule has 16 heavy (non-hydrogen) atoms. The molecular formula is C10H7ClF3NS. The summed E-state index contributed by atoms with van der Waals surface area (Å²) in [7, 11) is 0. The normalized spacial score (nSPS) is 13.2. The molecule has 0 fully saturated rings. The highest BCUT2D eigenvalue weighted by Gasteiger charge is 2.28. The molecule has 0 aliphatic carbocycles. The van der Waals surface area contributed by atoms with Crippen LogP contribution in [0.5, 0.6) is 0 Å². The van der Waals surface area contributed by atoms with Crippen molar-refractivity contribution in [3.05, 3.63) is 29.8 Å². The number of thioether (sulfide) groups is 1. The molecule has 1 aromatic rings. The molecule has 86 valence electrons. The molecule has 0 aliphatic heterocycles. The van der Waals surface area contributed by atoms with Gasteiger partial charge in [-0.2, -0.15) is 18.4 Å². The largest absolute Gasteiger partial charge is 0.446 e. The van der Waals surface area contributed by atoms with E-state index in [0.717, 1.165) is 5.56 Å². The average molecular weight is 266 g/mol. The van der Waals surface area contributed by atoms with E-state index in [-0.39, 0.29) is 16.7 Å². The van der Waals surface area contributed by atoms with E-state index >= 15 is 0 Å². The lowest BCUT2D eigenvalue weighted by molar-refractivity contribution is -0.0328. The van der Waals surface area contributed by atoms with Crippen LogP contribution in [0.15, 0.2) is 29.2 Å². The van der Waals surface area contributed by atoms with Crippen molar-refractivity contribution in [2.24, 2.45) is 0 Å². The maximum atomic E-state index is 12.0. The van der Waals surface area contributed by atoms with E-state index in [1.54, 1.807) is 12.1 Å². The zero-order chi connectivity index (χ0) is 12.2. The highest BCUT2D eigenvalue weighted by Crippen LogP contribution is 2.36. The van der Waals surface area contributed by atoms with Crippen LogP contribution in [-0.4, -0.2) is 10.9 Å². The summed E-state index contributed by atoms with van der Waals surface area (Å²) in [4.78, 5) is 0.124. The summed E-state index contributed by atoms with van der Waals surface area (Å²) >= 11 is 5.44. The van der Waals surface area contributed by atoms with Gasteiger partial charge in [-0.25, -0.2) is 0 Å². The molecule has 0 N–H and O–H groups in total. The van der Waals surface area contributed by atoms with Gasteiger partial charge < -0.3 is 0 Å². The molecule has 0 heterocycles. The second-order valence-corrected chi connectivity index (χ2v) is 4.66. The third-order valence-corrected chi connectivity index (χ3v) is 2.70. The minimum atomic E-state index is -4.27. The molecule has 6 heteroatoms. The maximum Gasteiger partial charge on any atom is 0.446 e. The topological polar surface area (TPSA) is 23.8 Å². The molecule has 0 saturated heterocycles. The Balaban J connectivity index is 2.65. The summed E-state index contributed by atoms with van der Waals surface area (Å²) in [5.41, 5.74) is -3.53. The smallest absolute Gasteiger partial charge is 0.197 e. The number of rotatable bonds is 3. The molecular weight excluding hydrogens is 259 g/mol. The van der Waals surface area contributed by atoms with Crippen molar-refractivity contribution in [3.8, 4) is 6.07 Å². The number of alkyl halides is 4. The first-order chi connectivity index (χ1) is 7.40. The quantitative estimate of drug-likeness (QED) is 0.610. The highest BCUT2D eigenvalue weighted by molar-refractivity contribution is 8.00. The van der Waals surface area contributed by atoms with Gasteiger partial charge in [0.1, 0.15) is 5.38 Å². The van der Waals surface area contributed by atoms with Crippen LogP contribution in [0.25, 0.3) is 0 Å². The molecule has 0 radical (unpaired) electrons. The van der Waals surface area contributed by atoms with E-state index in [4.69, 9.17) is 16.9 Å². The van der Waals surface area contributed by atoms with Crippen molar-refractivity contribution >= 4 is 23.4 Å². The van der Waals surface area contributed by atoms with Gasteiger partial charge in [-0.05, 0) is 29.5 Å². The van der Waals surface area contributed by atoms with Gasteiger partial charge >= 0.3 is 5.51 Å². The molecule has 1 nitrogen and oxygen atoms in total. The summed E-state index contributed by atoms with van der Waals surface area (Å²) in [6, 6.07) is 7.67. The summed E-state index contributed by atoms with van der Waals surface area (Å²) in [6.07, 6.45) is 0.328. The summed E-state index contributed by atoms with van der Waals surface area (Å²) in [5, 5.41) is 7.82. The summed E-state index contributed by atoms with van der Waals surface area (Å²) in [5.74, 6) is 0. The van der Waals surface area contributed by atoms with Crippen molar-refractivity contribution in [2.75, 3.05) is 0 Å². The number of benzene rings is 1. The SMILES string of the molecule is N#C[C@@H](Cl)Cc1ccc(SC(F)(F)F)cc1. The molecule has 1 rings (SSSR count). The molecule has 0 spiro atoms. The van der Waals surface area contributed by atoms with Crippen LogP contribution in [0.4, 0.5) is 13.2 Å². The van der Waals surface area contributed by atoms with E-state index in [1.165, 1.54) is 12.1 Å². The minimum Gasteiger partial charge on any atom is -0.197 e. The Kier molecular flexibility index (Phi) is 4.51. The van der Waals surface area contributed by atoms with Gasteiger partial charge in [0.25, 0.3) is 0 Å². The number of hydrogen-bond acceptors (Lipinski definition) is 2. The van der Waals surface area contributed by atoms with E-state index in [0.29, 0.717) is 6.42 Å². The Morgan fingerprint density at radius 3 is 2.31 bits per heavy atom. The molecule has 0 amide bonds. The minimum absolute atomic E-state index is 0.124. The average Bonchev–Trinajstić information content (AvgIpc) is 2.18. The van der Waals surface area contributed by atoms with Crippen LogP contribution in [0.2, 0.25) is 0 Å². The Morgan fingerprint density at radius 1 is 1.31 bits per heavy atom. The predicted octanol–water partition coefficient (Wildman–Crippen LogP) is 3.97. The summed E-state index contributed by atoms with van der Waals surface area (Å²) < 4.78 is 36.0. The number of nitrogens with zero attached hydrogens (tertiary/aromatic N) is 1. The zero-order valence-electron chi connectivity index (χ0n) is 7.96. The Hall–Kier alpha value is -0.860. The van der Waals surface area contributed by atoms with E-state index < -0.39 is 10.9 Å². The van der Waals surface area contributed by atoms with Gasteiger partial charge in [-0.1, -0.05) is 12.1 Å². The molecule has 0 bridgehead atoms. The fourth-order valence-electron chi connectivity index (χ4n) is 1.08. The highest BCUT2D eigenvalue weighted by atomic mass is 35.5. The lowest BCUT2D eigenvalue weighted by Gasteiger charge is -2.06. The lowest BCUT2D eigenvalue weighted by atomic mass is 10.1. The first kappa shape index (κ1) is 13.2.